The van der Waals surface area contributed by atoms with Crippen molar-refractivity contribution in [2.45, 2.75) is 12.5 Å². The number of amides is 2. The van der Waals surface area contributed by atoms with Crippen LogP contribution in [0.15, 0.2) is 36.4 Å². The first-order chi connectivity index (χ1) is 9.74. The second kappa shape index (κ2) is 5.02. The third kappa shape index (κ3) is 2.31. The van der Waals surface area contributed by atoms with Crippen molar-refractivity contribution in [1.29, 1.82) is 0 Å². The van der Waals surface area contributed by atoms with Crippen LogP contribution in [0.5, 0.6) is 0 Å². The van der Waals surface area contributed by atoms with Gasteiger partial charge in [-0.15, -0.1) is 0 Å². The first kappa shape index (κ1) is 12.2. The van der Waals surface area contributed by atoms with Crippen molar-refractivity contribution < 1.29 is 9.59 Å². The van der Waals surface area contributed by atoms with Gasteiger partial charge in [-0.3, -0.25) is 9.59 Å². The van der Waals surface area contributed by atoms with Crippen LogP contribution in [0.4, 0.5) is 5.82 Å². The molecule has 1 aliphatic rings. The zero-order chi connectivity index (χ0) is 13.9. The Balaban J connectivity index is 1.86. The van der Waals surface area contributed by atoms with E-state index in [0.29, 0.717) is 12.0 Å². The highest BCUT2D eigenvalue weighted by molar-refractivity contribution is 6.08. The van der Waals surface area contributed by atoms with E-state index in [1.165, 1.54) is 6.07 Å². The Labute approximate surface area is 116 Å². The van der Waals surface area contributed by atoms with Crippen LogP contribution in [-0.2, 0) is 11.2 Å². The first-order valence-corrected chi connectivity index (χ1v) is 6.18. The standard InChI is InChI=1S/C15H11N3O2/c19-14-11-7-4-8-16-13(11)18-15(20)12(17-14)9-10-5-2-1-3-6-10/h1-3,5-7,12H,9H2,(H,17,19)(H,16,18,20)/t12-/m0/s1. The Hall–Kier alpha value is -2.87. The van der Waals surface area contributed by atoms with Crippen LogP contribution in [0, 0.1) is 12.3 Å². The smallest absolute Gasteiger partial charge is 0.256 e. The summed E-state index contributed by atoms with van der Waals surface area (Å²) in [6.45, 7) is 0. The predicted molar refractivity (Wildman–Crippen MR) is 71.9 cm³/mol. The minimum atomic E-state index is -0.626. The Morgan fingerprint density at radius 2 is 2.00 bits per heavy atom. The van der Waals surface area contributed by atoms with Gasteiger partial charge in [0.05, 0.1) is 5.56 Å². The molecule has 1 aromatic heterocycles. The lowest BCUT2D eigenvalue weighted by Gasteiger charge is -2.14. The maximum atomic E-state index is 12.1. The van der Waals surface area contributed by atoms with E-state index in [-0.39, 0.29) is 17.6 Å². The highest BCUT2D eigenvalue weighted by Crippen LogP contribution is 2.15. The number of rotatable bonds is 2. The molecule has 1 atom stereocenters. The molecule has 0 unspecified atom stereocenters. The summed E-state index contributed by atoms with van der Waals surface area (Å²) in [6, 6.07) is 13.0. The van der Waals surface area contributed by atoms with Crippen molar-refractivity contribution in [2.24, 2.45) is 0 Å². The highest BCUT2D eigenvalue weighted by Gasteiger charge is 2.28. The Bertz CT molecular complexity index is 655. The molecule has 1 aromatic carbocycles. The quantitative estimate of drug-likeness (QED) is 0.850. The van der Waals surface area contributed by atoms with Crippen molar-refractivity contribution >= 4 is 17.6 Å². The number of aromatic nitrogens is 1. The number of nitrogens with zero attached hydrogens (tertiary/aromatic N) is 1. The average molecular weight is 265 g/mol. The summed E-state index contributed by atoms with van der Waals surface area (Å²) in [5.41, 5.74) is 1.28. The normalized spacial score (nSPS) is 17.3. The zero-order valence-electron chi connectivity index (χ0n) is 10.5. The molecule has 0 fully saturated rings. The van der Waals surface area contributed by atoms with E-state index in [2.05, 4.69) is 27.9 Å². The summed E-state index contributed by atoms with van der Waals surface area (Å²) in [5.74, 6) is -0.396. The lowest BCUT2D eigenvalue weighted by molar-refractivity contribution is -0.117. The minimum absolute atomic E-state index is 0.224. The number of nitrogens with one attached hydrogen (secondary N) is 2. The van der Waals surface area contributed by atoms with Gasteiger partial charge in [-0.1, -0.05) is 30.3 Å². The van der Waals surface area contributed by atoms with Gasteiger partial charge in [-0.25, -0.2) is 0 Å². The second-order valence-corrected chi connectivity index (χ2v) is 4.48. The van der Waals surface area contributed by atoms with Crippen molar-refractivity contribution in [3.05, 3.63) is 59.8 Å². The van der Waals surface area contributed by atoms with E-state index in [0.717, 1.165) is 5.56 Å². The van der Waals surface area contributed by atoms with Gasteiger partial charge in [-0.2, -0.15) is 4.98 Å². The van der Waals surface area contributed by atoms with Crippen LogP contribution in [0.3, 0.4) is 0 Å². The first-order valence-electron chi connectivity index (χ1n) is 6.18. The molecule has 1 aliphatic heterocycles. The van der Waals surface area contributed by atoms with Gasteiger partial charge in [-0.05, 0) is 11.6 Å². The molecule has 98 valence electrons. The molecule has 3 rings (SSSR count). The maximum absolute atomic E-state index is 12.1. The number of hydrogen-bond donors (Lipinski definition) is 2. The van der Waals surface area contributed by atoms with E-state index >= 15 is 0 Å². The minimum Gasteiger partial charge on any atom is -0.340 e. The molecular formula is C15H11N3O2. The Morgan fingerprint density at radius 3 is 2.80 bits per heavy atom. The molecule has 5 heteroatoms. The molecule has 0 radical (unpaired) electrons. The van der Waals surface area contributed by atoms with E-state index in [9.17, 15) is 9.59 Å². The highest BCUT2D eigenvalue weighted by atomic mass is 16.2. The fourth-order valence-corrected chi connectivity index (χ4v) is 2.09. The molecule has 0 saturated heterocycles. The summed E-state index contributed by atoms with van der Waals surface area (Å²) >= 11 is 0. The average Bonchev–Trinajstić information content (AvgIpc) is 2.58. The van der Waals surface area contributed by atoms with Gasteiger partial charge >= 0.3 is 0 Å². The topological polar surface area (TPSA) is 71.1 Å². The third-order valence-electron chi connectivity index (χ3n) is 3.09. The fraction of sp³-hybridized carbons (Fsp3) is 0.133. The molecule has 0 bridgehead atoms. The molecule has 0 spiro atoms. The van der Waals surface area contributed by atoms with Crippen molar-refractivity contribution in [3.8, 4) is 0 Å². The monoisotopic (exact) mass is 265 g/mol. The third-order valence-corrected chi connectivity index (χ3v) is 3.09. The summed E-state index contributed by atoms with van der Waals surface area (Å²) in [4.78, 5) is 28.1. The molecule has 2 aromatic rings. The van der Waals surface area contributed by atoms with Crippen molar-refractivity contribution in [3.63, 3.8) is 0 Å². The van der Waals surface area contributed by atoms with Gasteiger partial charge in [0.1, 0.15) is 6.04 Å². The van der Waals surface area contributed by atoms with Gasteiger partial charge in [0.2, 0.25) is 5.91 Å². The summed E-state index contributed by atoms with van der Waals surface area (Å²) in [7, 11) is 0. The Kier molecular flexibility index (Phi) is 3.05. The zero-order valence-corrected chi connectivity index (χ0v) is 10.5. The Morgan fingerprint density at radius 1 is 1.20 bits per heavy atom. The van der Waals surface area contributed by atoms with Crippen molar-refractivity contribution in [1.82, 2.24) is 10.3 Å². The molecule has 0 saturated carbocycles. The number of fused-ring (bicyclic) bond motifs is 1. The van der Waals surface area contributed by atoms with E-state index in [1.807, 2.05) is 30.3 Å². The summed E-state index contributed by atoms with van der Waals surface area (Å²) in [6.07, 6.45) is 2.91. The van der Waals surface area contributed by atoms with Crippen LogP contribution < -0.4 is 10.6 Å². The van der Waals surface area contributed by atoms with Crippen LogP contribution in [0.1, 0.15) is 15.9 Å². The lowest BCUT2D eigenvalue weighted by atomic mass is 10.1. The van der Waals surface area contributed by atoms with Crippen molar-refractivity contribution in [2.75, 3.05) is 5.32 Å². The molecule has 2 amide bonds. The van der Waals surface area contributed by atoms with E-state index in [1.54, 1.807) is 0 Å². The van der Waals surface area contributed by atoms with E-state index in [4.69, 9.17) is 0 Å². The van der Waals surface area contributed by atoms with Crippen LogP contribution >= 0.6 is 0 Å². The van der Waals surface area contributed by atoms with Gasteiger partial charge in [0.25, 0.3) is 5.91 Å². The number of carbonyl (C=O) groups excluding carboxylic acids is 2. The molecule has 0 aliphatic carbocycles. The van der Waals surface area contributed by atoms with Gasteiger partial charge in [0.15, 0.2) is 5.82 Å². The SMILES string of the molecule is O=C1N[C@@H](Cc2ccccc2)C(=O)Nc2nc#ccc21. The van der Waals surface area contributed by atoms with Crippen LogP contribution in [0.25, 0.3) is 0 Å². The number of carbonyl (C=O) groups is 2. The molecule has 2 N–H and O–H groups in total. The maximum Gasteiger partial charge on any atom is 0.256 e. The number of benzene rings is 1. The van der Waals surface area contributed by atoms with Gasteiger partial charge < -0.3 is 10.6 Å². The lowest BCUT2D eigenvalue weighted by Crippen LogP contribution is -2.42. The van der Waals surface area contributed by atoms with Crippen LogP contribution in [0.2, 0.25) is 0 Å². The predicted octanol–water partition coefficient (Wildman–Crippen LogP) is 0.975. The molecule has 5 nitrogen and oxygen atoms in total. The second-order valence-electron chi connectivity index (χ2n) is 4.48. The molecule has 2 heterocycles. The molecular weight excluding hydrogens is 254 g/mol. The summed E-state index contributed by atoms with van der Waals surface area (Å²) < 4.78 is 0. The van der Waals surface area contributed by atoms with Crippen LogP contribution in [-0.4, -0.2) is 22.8 Å². The van der Waals surface area contributed by atoms with Gasteiger partial charge in [0, 0.05) is 18.7 Å². The van der Waals surface area contributed by atoms with E-state index < -0.39 is 6.04 Å². The number of anilines is 1. The fourth-order valence-electron chi connectivity index (χ4n) is 2.09. The largest absolute Gasteiger partial charge is 0.340 e. The summed E-state index contributed by atoms with van der Waals surface area (Å²) in [5, 5.41) is 5.35. The molecule has 20 heavy (non-hydrogen) atoms. The number of hydrogen-bond acceptors (Lipinski definition) is 3.